The van der Waals surface area contributed by atoms with Crippen molar-refractivity contribution in [1.82, 2.24) is 0 Å². The summed E-state index contributed by atoms with van der Waals surface area (Å²) in [5.41, 5.74) is 5.32. The summed E-state index contributed by atoms with van der Waals surface area (Å²) >= 11 is 0. The first-order chi connectivity index (χ1) is 26.5. The molecule has 316 valence electrons. The summed E-state index contributed by atoms with van der Waals surface area (Å²) in [4.78, 5) is 57.6. The van der Waals surface area contributed by atoms with Gasteiger partial charge in [0.25, 0.3) is 0 Å². The topological polar surface area (TPSA) is 189 Å². The number of aliphatic carboxylic acids is 1. The first-order valence-corrected chi connectivity index (χ1v) is 22.1. The third-order valence-corrected chi connectivity index (χ3v) is 9.48. The molecule has 0 radical (unpaired) electrons. The van der Waals surface area contributed by atoms with Crippen molar-refractivity contribution in [3.05, 3.63) is 48.6 Å². The van der Waals surface area contributed by atoms with Gasteiger partial charge in [0.15, 0.2) is 11.9 Å². The largest absolute Gasteiger partial charge is 0.480 e. The molecule has 0 aliphatic rings. The van der Waals surface area contributed by atoms with Crippen LogP contribution in [0, 0.1) is 0 Å². The van der Waals surface area contributed by atoms with Gasteiger partial charge in [0.1, 0.15) is 12.6 Å². The predicted molar refractivity (Wildman–Crippen MR) is 217 cm³/mol. The molecule has 0 aromatic carbocycles. The Bertz CT molecular complexity index is 1180. The van der Waals surface area contributed by atoms with E-state index >= 15 is 0 Å². The Kier molecular flexibility index (Phi) is 34.8. The Hall–Kier alpha value is -2.89. The van der Waals surface area contributed by atoms with E-state index in [2.05, 4.69) is 42.7 Å². The van der Waals surface area contributed by atoms with E-state index in [1.54, 1.807) is 12.2 Å². The predicted octanol–water partition coefficient (Wildman–Crippen LogP) is 9.79. The fourth-order valence-electron chi connectivity index (χ4n) is 5.19. The third kappa shape index (κ3) is 36.5. The first kappa shape index (κ1) is 52.1. The molecule has 0 amide bonds. The van der Waals surface area contributed by atoms with Crippen molar-refractivity contribution in [3.63, 3.8) is 0 Å². The maximum atomic E-state index is 12.6. The van der Waals surface area contributed by atoms with Gasteiger partial charge in [-0.15, -0.1) is 0 Å². The molecule has 0 bridgehead atoms. The highest BCUT2D eigenvalue weighted by Crippen LogP contribution is 2.43. The van der Waals surface area contributed by atoms with Gasteiger partial charge in [-0.2, -0.15) is 0 Å². The Morgan fingerprint density at radius 2 is 1.13 bits per heavy atom. The summed E-state index contributed by atoms with van der Waals surface area (Å²) in [6.45, 7) is 2.55. The second kappa shape index (κ2) is 36.7. The summed E-state index contributed by atoms with van der Waals surface area (Å²) in [5.74, 6) is -2.32. The quantitative estimate of drug-likeness (QED) is 0.0134. The standard InChI is InChI=1S/C42H72NO11P/c1-3-5-7-8-9-10-11-12-13-14-15-18-21-24-28-32-40(45)51-34-38(35-52-55(49,50)53-36-39(43)42(47)48)54-41(46)33-29-25-22-19-16-17-20-23-27-31-37(44)30-26-6-4-2/h9-10,12-13,20,23,27,31,38-39H,3-8,11,14-19,21-22,24-26,28-30,32-36,43H2,1-2H3,(H,47,48)(H,49,50)/b10-9-,13-12-,23-20-,31-27+/t38-,39+/m1/s1. The average Bonchev–Trinajstić information content (AvgIpc) is 3.15. The van der Waals surface area contributed by atoms with Crippen LogP contribution < -0.4 is 5.73 Å². The van der Waals surface area contributed by atoms with Crippen LogP contribution in [0.25, 0.3) is 0 Å². The van der Waals surface area contributed by atoms with Gasteiger partial charge in [-0.1, -0.05) is 121 Å². The molecule has 13 heteroatoms. The molecule has 0 rings (SSSR count). The lowest BCUT2D eigenvalue weighted by molar-refractivity contribution is -0.161. The van der Waals surface area contributed by atoms with E-state index in [0.29, 0.717) is 19.3 Å². The molecule has 0 saturated heterocycles. The second-order valence-corrected chi connectivity index (χ2v) is 15.3. The number of carboxylic acid groups (broad SMARTS) is 1. The SMILES string of the molecule is CCCCC/C=C\C/C=C\CCCCCCCC(=O)OC[C@H](COP(=O)(O)OC[C@H](N)C(=O)O)OC(=O)CCCCCCC/C=C\C=C\C(=O)CCCCC. The summed E-state index contributed by atoms with van der Waals surface area (Å²) in [6.07, 6.45) is 35.8. The number of phosphoric ester groups is 1. The maximum Gasteiger partial charge on any atom is 0.472 e. The van der Waals surface area contributed by atoms with Crippen molar-refractivity contribution in [2.24, 2.45) is 5.73 Å². The normalized spacial score (nSPS) is 14.2. The smallest absolute Gasteiger partial charge is 0.472 e. The van der Waals surface area contributed by atoms with Gasteiger partial charge in [-0.25, -0.2) is 4.57 Å². The number of carboxylic acids is 1. The average molecular weight is 798 g/mol. The molecular weight excluding hydrogens is 725 g/mol. The van der Waals surface area contributed by atoms with Gasteiger partial charge in [0.2, 0.25) is 0 Å². The first-order valence-electron chi connectivity index (χ1n) is 20.6. The van der Waals surface area contributed by atoms with E-state index in [1.165, 1.54) is 19.3 Å². The van der Waals surface area contributed by atoms with Gasteiger partial charge >= 0.3 is 25.7 Å². The number of ketones is 1. The van der Waals surface area contributed by atoms with Crippen molar-refractivity contribution in [3.8, 4) is 0 Å². The van der Waals surface area contributed by atoms with Crippen LogP contribution in [0.15, 0.2) is 48.6 Å². The highest BCUT2D eigenvalue weighted by atomic mass is 31.2. The van der Waals surface area contributed by atoms with Crippen LogP contribution in [-0.4, -0.2) is 65.7 Å². The number of unbranched alkanes of at least 4 members (excludes halogenated alkanes) is 15. The molecule has 55 heavy (non-hydrogen) atoms. The highest BCUT2D eigenvalue weighted by Gasteiger charge is 2.28. The summed E-state index contributed by atoms with van der Waals surface area (Å²) in [6, 6.07) is -1.54. The van der Waals surface area contributed by atoms with Crippen LogP contribution in [0.1, 0.15) is 162 Å². The number of esters is 2. The van der Waals surface area contributed by atoms with Crippen LogP contribution in [0.3, 0.4) is 0 Å². The molecule has 4 N–H and O–H groups in total. The number of ether oxygens (including phenoxy) is 2. The lowest BCUT2D eigenvalue weighted by Gasteiger charge is -2.20. The number of rotatable bonds is 38. The van der Waals surface area contributed by atoms with Gasteiger partial charge in [-0.05, 0) is 70.3 Å². The van der Waals surface area contributed by atoms with E-state index in [0.717, 1.165) is 96.3 Å². The van der Waals surface area contributed by atoms with Gasteiger partial charge in [-0.3, -0.25) is 28.2 Å². The van der Waals surface area contributed by atoms with E-state index in [9.17, 15) is 28.6 Å². The molecule has 0 spiro atoms. The fraction of sp³-hybridized carbons (Fsp3) is 0.714. The lowest BCUT2D eigenvalue weighted by Crippen LogP contribution is -2.34. The number of hydrogen-bond donors (Lipinski definition) is 3. The number of nitrogens with two attached hydrogens (primary N) is 1. The van der Waals surface area contributed by atoms with Gasteiger partial charge < -0.3 is 25.2 Å². The summed E-state index contributed by atoms with van der Waals surface area (Å²) < 4.78 is 32.6. The molecule has 0 aliphatic carbocycles. The highest BCUT2D eigenvalue weighted by molar-refractivity contribution is 7.47. The van der Waals surface area contributed by atoms with E-state index in [4.69, 9.17) is 24.8 Å². The van der Waals surface area contributed by atoms with Crippen molar-refractivity contribution in [2.75, 3.05) is 19.8 Å². The van der Waals surface area contributed by atoms with E-state index in [-0.39, 0.29) is 25.2 Å². The zero-order valence-electron chi connectivity index (χ0n) is 33.8. The number of carbonyl (C=O) groups excluding carboxylic acids is 3. The van der Waals surface area contributed by atoms with E-state index in [1.807, 2.05) is 12.2 Å². The molecule has 0 saturated carbocycles. The van der Waals surface area contributed by atoms with E-state index < -0.39 is 51.1 Å². The number of allylic oxidation sites excluding steroid dienone is 8. The third-order valence-electron chi connectivity index (χ3n) is 8.53. The summed E-state index contributed by atoms with van der Waals surface area (Å²) in [7, 11) is -4.74. The molecule has 12 nitrogen and oxygen atoms in total. The van der Waals surface area contributed by atoms with Crippen LogP contribution in [-0.2, 0) is 42.3 Å². The fourth-order valence-corrected chi connectivity index (χ4v) is 5.97. The Balaban J connectivity index is 4.50. The molecular formula is C42H72NO11P. The zero-order chi connectivity index (χ0) is 40.8. The Morgan fingerprint density at radius 3 is 1.75 bits per heavy atom. The molecule has 1 unspecified atom stereocenters. The molecule has 0 aromatic heterocycles. The van der Waals surface area contributed by atoms with Crippen molar-refractivity contribution >= 4 is 31.5 Å². The van der Waals surface area contributed by atoms with Crippen molar-refractivity contribution in [1.29, 1.82) is 0 Å². The summed E-state index contributed by atoms with van der Waals surface area (Å²) in [5, 5.41) is 8.87. The van der Waals surface area contributed by atoms with Crippen LogP contribution >= 0.6 is 7.82 Å². The maximum absolute atomic E-state index is 12.6. The minimum Gasteiger partial charge on any atom is -0.480 e. The van der Waals surface area contributed by atoms with Crippen molar-refractivity contribution < 1.29 is 52.3 Å². The Morgan fingerprint density at radius 1 is 0.618 bits per heavy atom. The molecule has 3 atom stereocenters. The van der Waals surface area contributed by atoms with Crippen LogP contribution in [0.5, 0.6) is 0 Å². The Labute approximate surface area is 331 Å². The lowest BCUT2D eigenvalue weighted by atomic mass is 10.1. The zero-order valence-corrected chi connectivity index (χ0v) is 34.6. The minimum atomic E-state index is -4.74. The second-order valence-electron chi connectivity index (χ2n) is 13.8. The van der Waals surface area contributed by atoms with Crippen LogP contribution in [0.2, 0.25) is 0 Å². The monoisotopic (exact) mass is 797 g/mol. The van der Waals surface area contributed by atoms with Gasteiger partial charge in [0, 0.05) is 19.3 Å². The number of hydrogen-bond acceptors (Lipinski definition) is 10. The van der Waals surface area contributed by atoms with Gasteiger partial charge in [0.05, 0.1) is 13.2 Å². The molecule has 0 aliphatic heterocycles. The van der Waals surface area contributed by atoms with Crippen molar-refractivity contribution in [2.45, 2.75) is 174 Å². The van der Waals surface area contributed by atoms with Crippen LogP contribution in [0.4, 0.5) is 0 Å². The molecule has 0 heterocycles. The minimum absolute atomic E-state index is 0.105. The number of phosphoric acid groups is 1. The molecule has 0 fully saturated rings. The number of carbonyl (C=O) groups is 4. The molecule has 0 aromatic rings.